The Balaban J connectivity index is 2.62. The molecule has 1 atom stereocenters. The number of nitriles is 1. The van der Waals surface area contributed by atoms with Gasteiger partial charge >= 0.3 is 0 Å². The van der Waals surface area contributed by atoms with E-state index >= 15 is 0 Å². The van der Waals surface area contributed by atoms with Crippen molar-refractivity contribution in [2.24, 2.45) is 5.92 Å². The third-order valence-electron chi connectivity index (χ3n) is 4.29. The summed E-state index contributed by atoms with van der Waals surface area (Å²) < 4.78 is 0. The van der Waals surface area contributed by atoms with Gasteiger partial charge in [0.1, 0.15) is 17.5 Å². The molecule has 0 bridgehead atoms. The minimum absolute atomic E-state index is 0.0109. The zero-order chi connectivity index (χ0) is 17.9. The molecule has 1 aromatic carbocycles. The van der Waals surface area contributed by atoms with Crippen LogP contribution < -0.4 is 5.73 Å². The number of anilines is 1. The highest BCUT2D eigenvalue weighted by Gasteiger charge is 2.19. The fourth-order valence-corrected chi connectivity index (χ4v) is 2.64. The molecule has 0 radical (unpaired) electrons. The highest BCUT2D eigenvalue weighted by atomic mass is 16.6. The van der Waals surface area contributed by atoms with Crippen molar-refractivity contribution in [3.8, 4) is 17.2 Å². The third kappa shape index (κ3) is 3.35. The lowest BCUT2D eigenvalue weighted by Gasteiger charge is -2.16. The maximum atomic E-state index is 10.8. The van der Waals surface area contributed by atoms with Crippen molar-refractivity contribution in [1.29, 1.82) is 5.26 Å². The van der Waals surface area contributed by atoms with Crippen molar-refractivity contribution in [2.45, 2.75) is 33.6 Å². The molecule has 0 saturated heterocycles. The van der Waals surface area contributed by atoms with E-state index in [0.29, 0.717) is 17.0 Å². The van der Waals surface area contributed by atoms with Crippen LogP contribution in [0.1, 0.15) is 37.1 Å². The lowest BCUT2D eigenvalue weighted by atomic mass is 9.91. The smallest absolute Gasteiger partial charge is 0.269 e. The Morgan fingerprint density at radius 2 is 2.00 bits per heavy atom. The number of aromatic nitrogens is 1. The van der Waals surface area contributed by atoms with Gasteiger partial charge in [0.15, 0.2) is 0 Å². The number of nitrogens with two attached hydrogens (primary N) is 1. The molecule has 124 valence electrons. The van der Waals surface area contributed by atoms with Crippen molar-refractivity contribution in [3.63, 3.8) is 0 Å². The fourth-order valence-electron chi connectivity index (χ4n) is 2.64. The number of hydrogen-bond acceptors (Lipinski definition) is 5. The first kappa shape index (κ1) is 17.4. The Labute approximate surface area is 141 Å². The summed E-state index contributed by atoms with van der Waals surface area (Å²) in [5.41, 5.74) is 9.52. The second-order valence-electron chi connectivity index (χ2n) is 5.95. The van der Waals surface area contributed by atoms with E-state index in [1.54, 1.807) is 12.1 Å². The van der Waals surface area contributed by atoms with Crippen molar-refractivity contribution >= 4 is 11.5 Å². The molecule has 2 rings (SSSR count). The average molecular weight is 324 g/mol. The second kappa shape index (κ2) is 7.09. The van der Waals surface area contributed by atoms with Gasteiger partial charge in [-0.25, -0.2) is 4.98 Å². The van der Waals surface area contributed by atoms with Crippen molar-refractivity contribution in [3.05, 3.63) is 51.2 Å². The first-order valence-corrected chi connectivity index (χ1v) is 7.82. The predicted octanol–water partition coefficient (Wildman–Crippen LogP) is 4.01. The van der Waals surface area contributed by atoms with E-state index in [2.05, 4.69) is 24.9 Å². The molecule has 0 aliphatic heterocycles. The summed E-state index contributed by atoms with van der Waals surface area (Å²) in [6.07, 6.45) is 1.80. The molecule has 0 aliphatic carbocycles. The highest BCUT2D eigenvalue weighted by molar-refractivity contribution is 5.79. The van der Waals surface area contributed by atoms with E-state index in [-0.39, 0.29) is 11.5 Å². The number of nitrogen functional groups attached to an aromatic ring is 1. The van der Waals surface area contributed by atoms with Crippen molar-refractivity contribution in [1.82, 2.24) is 4.98 Å². The summed E-state index contributed by atoms with van der Waals surface area (Å²) in [5, 5.41) is 20.3. The Morgan fingerprint density at radius 1 is 1.38 bits per heavy atom. The normalized spacial score (nSPS) is 11.8. The molecule has 24 heavy (non-hydrogen) atoms. The molecule has 6 heteroatoms. The average Bonchev–Trinajstić information content (AvgIpc) is 2.57. The van der Waals surface area contributed by atoms with Crippen molar-refractivity contribution < 1.29 is 4.92 Å². The first-order valence-electron chi connectivity index (χ1n) is 7.82. The van der Waals surface area contributed by atoms with Crippen LogP contribution in [0.15, 0.2) is 24.3 Å². The summed E-state index contributed by atoms with van der Waals surface area (Å²) in [5.74, 6) is 0.656. The number of nitrogens with zero attached hydrogens (tertiary/aromatic N) is 3. The summed E-state index contributed by atoms with van der Waals surface area (Å²) in [6, 6.07) is 8.27. The van der Waals surface area contributed by atoms with Crippen LogP contribution in [0.2, 0.25) is 0 Å². The molecule has 1 unspecified atom stereocenters. The zero-order valence-corrected chi connectivity index (χ0v) is 14.0. The number of nitro benzene ring substituents is 1. The summed E-state index contributed by atoms with van der Waals surface area (Å²) in [7, 11) is 0. The molecule has 2 N–H and O–H groups in total. The number of non-ortho nitro benzene ring substituents is 1. The molecule has 0 spiro atoms. The second-order valence-corrected chi connectivity index (χ2v) is 5.95. The maximum Gasteiger partial charge on any atom is 0.269 e. The molecule has 1 aromatic heterocycles. The topological polar surface area (TPSA) is 106 Å². The molecule has 1 heterocycles. The Kier molecular flexibility index (Phi) is 5.14. The number of pyridine rings is 1. The standard InChI is InChI=1S/C18H20N4O2/c1-4-11(2)9-16-12(3)17(15(10-19)18(20)21-16)13-5-7-14(8-6-13)22(23)24/h5-8,11H,4,9H2,1-3H3,(H2,20,21). The Hall–Kier alpha value is -2.94. The van der Waals surface area contributed by atoms with Crippen LogP contribution in [-0.4, -0.2) is 9.91 Å². The lowest BCUT2D eigenvalue weighted by Crippen LogP contribution is -2.09. The first-order chi connectivity index (χ1) is 11.4. The molecular weight excluding hydrogens is 304 g/mol. The number of nitro groups is 1. The van der Waals surface area contributed by atoms with Crippen molar-refractivity contribution in [2.75, 3.05) is 5.73 Å². The molecular formula is C18H20N4O2. The van der Waals surface area contributed by atoms with Gasteiger partial charge in [0, 0.05) is 23.4 Å². The lowest BCUT2D eigenvalue weighted by molar-refractivity contribution is -0.384. The van der Waals surface area contributed by atoms with Gasteiger partial charge in [0.05, 0.1) is 4.92 Å². The molecule has 0 aliphatic rings. The molecule has 0 saturated carbocycles. The minimum atomic E-state index is -0.447. The van der Waals surface area contributed by atoms with Gasteiger partial charge in [-0.15, -0.1) is 0 Å². The highest BCUT2D eigenvalue weighted by Crippen LogP contribution is 2.33. The van der Waals surface area contributed by atoms with Gasteiger partial charge < -0.3 is 5.73 Å². The summed E-state index contributed by atoms with van der Waals surface area (Å²) >= 11 is 0. The van der Waals surface area contributed by atoms with Gasteiger partial charge in [-0.05, 0) is 42.5 Å². The zero-order valence-electron chi connectivity index (χ0n) is 14.0. The Bertz CT molecular complexity index is 807. The molecule has 0 amide bonds. The number of benzene rings is 1. The SMILES string of the molecule is CCC(C)Cc1nc(N)c(C#N)c(-c2ccc([N+](=O)[O-])cc2)c1C. The van der Waals surface area contributed by atoms with Crippen LogP contribution in [0.25, 0.3) is 11.1 Å². The third-order valence-corrected chi connectivity index (χ3v) is 4.29. The molecule has 6 nitrogen and oxygen atoms in total. The largest absolute Gasteiger partial charge is 0.383 e. The van der Waals surface area contributed by atoms with E-state index in [1.165, 1.54) is 12.1 Å². The van der Waals surface area contributed by atoms with Gasteiger partial charge in [0.25, 0.3) is 5.69 Å². The summed E-state index contributed by atoms with van der Waals surface area (Å²) in [6.45, 7) is 6.17. The van der Waals surface area contributed by atoms with E-state index in [9.17, 15) is 15.4 Å². The summed E-state index contributed by atoms with van der Waals surface area (Å²) in [4.78, 5) is 14.8. The molecule has 0 fully saturated rings. The van der Waals surface area contributed by atoms with Crippen LogP contribution in [0.3, 0.4) is 0 Å². The van der Waals surface area contributed by atoms with Gasteiger partial charge in [0.2, 0.25) is 0 Å². The maximum absolute atomic E-state index is 10.8. The monoisotopic (exact) mass is 324 g/mol. The van der Waals surface area contributed by atoms with Gasteiger partial charge in [-0.2, -0.15) is 5.26 Å². The van der Waals surface area contributed by atoms with Crippen LogP contribution in [0, 0.1) is 34.3 Å². The van der Waals surface area contributed by atoms with Crippen LogP contribution in [0.4, 0.5) is 11.5 Å². The number of hydrogen-bond donors (Lipinski definition) is 1. The van der Waals surface area contributed by atoms with Gasteiger partial charge in [-0.3, -0.25) is 10.1 Å². The molecule has 2 aromatic rings. The van der Waals surface area contributed by atoms with Crippen LogP contribution in [0.5, 0.6) is 0 Å². The van der Waals surface area contributed by atoms with E-state index < -0.39 is 4.92 Å². The van der Waals surface area contributed by atoms with Crippen LogP contribution >= 0.6 is 0 Å². The predicted molar refractivity (Wildman–Crippen MR) is 93.4 cm³/mol. The minimum Gasteiger partial charge on any atom is -0.383 e. The van der Waals surface area contributed by atoms with E-state index in [4.69, 9.17) is 5.73 Å². The number of rotatable bonds is 5. The van der Waals surface area contributed by atoms with E-state index in [1.807, 2.05) is 6.92 Å². The Morgan fingerprint density at radius 3 is 2.50 bits per heavy atom. The fraction of sp³-hybridized carbons (Fsp3) is 0.333. The van der Waals surface area contributed by atoms with Crippen LogP contribution in [-0.2, 0) is 6.42 Å². The quantitative estimate of drug-likeness (QED) is 0.660. The van der Waals surface area contributed by atoms with E-state index in [0.717, 1.165) is 29.7 Å². The van der Waals surface area contributed by atoms with Gasteiger partial charge in [-0.1, -0.05) is 20.3 Å².